The van der Waals surface area contributed by atoms with Crippen LogP contribution in [-0.2, 0) is 13.5 Å². The summed E-state index contributed by atoms with van der Waals surface area (Å²) in [4.78, 5) is 5.83. The Morgan fingerprint density at radius 3 is 2.88 bits per heavy atom. The molecule has 1 atom stereocenters. The number of nitrogens with one attached hydrogen (secondary N) is 1. The van der Waals surface area contributed by atoms with Crippen LogP contribution in [0, 0.1) is 6.92 Å². The van der Waals surface area contributed by atoms with E-state index in [1.165, 1.54) is 10.4 Å². The molecule has 3 nitrogen and oxygen atoms in total. The van der Waals surface area contributed by atoms with Gasteiger partial charge in [-0.3, -0.25) is 0 Å². The van der Waals surface area contributed by atoms with Gasteiger partial charge in [0, 0.05) is 36.8 Å². The Balaban J connectivity index is 2.19. The number of hydrogen-bond donors (Lipinski definition) is 1. The molecule has 0 aliphatic heterocycles. The maximum atomic E-state index is 4.40. The van der Waals surface area contributed by atoms with Gasteiger partial charge in [-0.15, -0.1) is 11.3 Å². The summed E-state index contributed by atoms with van der Waals surface area (Å²) in [6.45, 7) is 5.30. The summed E-state index contributed by atoms with van der Waals surface area (Å²) in [6.07, 6.45) is 4.80. The second-order valence-corrected chi connectivity index (χ2v) is 5.18. The monoisotopic (exact) mass is 249 g/mol. The fourth-order valence-electron chi connectivity index (χ4n) is 2.02. The molecule has 0 spiro atoms. The second kappa shape index (κ2) is 5.47. The van der Waals surface area contributed by atoms with E-state index in [2.05, 4.69) is 40.2 Å². The number of rotatable bonds is 5. The molecule has 92 valence electrons. The van der Waals surface area contributed by atoms with Crippen molar-refractivity contribution >= 4 is 11.3 Å². The van der Waals surface area contributed by atoms with Gasteiger partial charge in [0.1, 0.15) is 5.82 Å². The van der Waals surface area contributed by atoms with Crippen molar-refractivity contribution in [2.45, 2.75) is 26.3 Å². The van der Waals surface area contributed by atoms with E-state index in [1.54, 1.807) is 0 Å². The third-order valence-electron chi connectivity index (χ3n) is 2.98. The van der Waals surface area contributed by atoms with Crippen molar-refractivity contribution in [1.29, 1.82) is 0 Å². The average Bonchev–Trinajstić information content (AvgIpc) is 2.88. The zero-order valence-electron chi connectivity index (χ0n) is 10.6. The normalized spacial score (nSPS) is 12.9. The molecule has 0 aromatic carbocycles. The predicted molar refractivity (Wildman–Crippen MR) is 72.4 cm³/mol. The lowest BCUT2D eigenvalue weighted by Gasteiger charge is -2.17. The summed E-state index contributed by atoms with van der Waals surface area (Å²) >= 11 is 1.83. The molecule has 0 amide bonds. The van der Waals surface area contributed by atoms with E-state index in [1.807, 2.05) is 30.8 Å². The minimum absolute atomic E-state index is 0.376. The molecule has 2 aromatic rings. The summed E-state index contributed by atoms with van der Waals surface area (Å²) in [5.41, 5.74) is 1.37. The number of hydrogen-bond acceptors (Lipinski definition) is 3. The van der Waals surface area contributed by atoms with Gasteiger partial charge in [0.15, 0.2) is 0 Å². The highest BCUT2D eigenvalue weighted by Crippen LogP contribution is 2.26. The molecule has 2 rings (SSSR count). The first-order valence-electron chi connectivity index (χ1n) is 5.96. The molecule has 0 radical (unpaired) electrons. The van der Waals surface area contributed by atoms with Gasteiger partial charge in [0.05, 0.1) is 0 Å². The van der Waals surface area contributed by atoms with Crippen molar-refractivity contribution < 1.29 is 0 Å². The number of nitrogens with zero attached hydrogens (tertiary/aromatic N) is 2. The van der Waals surface area contributed by atoms with Gasteiger partial charge in [-0.2, -0.15) is 0 Å². The molecule has 1 N–H and O–H groups in total. The first-order valence-corrected chi connectivity index (χ1v) is 6.84. The quantitative estimate of drug-likeness (QED) is 0.883. The SMILES string of the molecule is CCNC(Cc1nccn1C)c1sccc1C. The van der Waals surface area contributed by atoms with Crippen LogP contribution < -0.4 is 5.32 Å². The summed E-state index contributed by atoms with van der Waals surface area (Å²) in [7, 11) is 2.05. The molecule has 17 heavy (non-hydrogen) atoms. The van der Waals surface area contributed by atoms with Crippen molar-refractivity contribution in [3.05, 3.63) is 40.1 Å². The third kappa shape index (κ3) is 2.76. The Bertz CT molecular complexity index is 472. The Hall–Kier alpha value is -1.13. The summed E-state index contributed by atoms with van der Waals surface area (Å²) in [5.74, 6) is 1.13. The molecular formula is C13H19N3S. The Labute approximate surface area is 107 Å². The topological polar surface area (TPSA) is 29.9 Å². The number of thiophene rings is 1. The van der Waals surface area contributed by atoms with Gasteiger partial charge >= 0.3 is 0 Å². The zero-order valence-corrected chi connectivity index (χ0v) is 11.4. The minimum Gasteiger partial charge on any atom is -0.338 e. The highest BCUT2D eigenvalue weighted by molar-refractivity contribution is 7.10. The molecule has 0 fully saturated rings. The lowest BCUT2D eigenvalue weighted by atomic mass is 10.1. The number of aromatic nitrogens is 2. The van der Waals surface area contributed by atoms with Crippen molar-refractivity contribution in [2.24, 2.45) is 7.05 Å². The van der Waals surface area contributed by atoms with Crippen LogP contribution in [0.4, 0.5) is 0 Å². The minimum atomic E-state index is 0.376. The molecule has 4 heteroatoms. The van der Waals surface area contributed by atoms with Gasteiger partial charge in [0.2, 0.25) is 0 Å². The van der Waals surface area contributed by atoms with E-state index in [0.29, 0.717) is 6.04 Å². The third-order valence-corrected chi connectivity index (χ3v) is 4.11. The zero-order chi connectivity index (χ0) is 12.3. The maximum absolute atomic E-state index is 4.40. The van der Waals surface area contributed by atoms with E-state index in [0.717, 1.165) is 18.8 Å². The van der Waals surface area contributed by atoms with Crippen molar-refractivity contribution in [3.63, 3.8) is 0 Å². The lowest BCUT2D eigenvalue weighted by molar-refractivity contribution is 0.534. The van der Waals surface area contributed by atoms with Crippen LogP contribution in [0.5, 0.6) is 0 Å². The molecule has 2 aromatic heterocycles. The molecule has 0 aliphatic rings. The first kappa shape index (κ1) is 12.3. The number of likely N-dealkylation sites (N-methyl/N-ethyl adjacent to an activating group) is 1. The van der Waals surface area contributed by atoms with Gasteiger partial charge in [-0.1, -0.05) is 6.92 Å². The Kier molecular flexibility index (Phi) is 3.97. The van der Waals surface area contributed by atoms with Crippen LogP contribution in [0.3, 0.4) is 0 Å². The predicted octanol–water partition coefficient (Wildman–Crippen LogP) is 2.68. The Morgan fingerprint density at radius 1 is 1.53 bits per heavy atom. The molecular weight excluding hydrogens is 230 g/mol. The molecule has 0 saturated carbocycles. The number of aryl methyl sites for hydroxylation is 2. The average molecular weight is 249 g/mol. The molecule has 0 saturated heterocycles. The van der Waals surface area contributed by atoms with Crippen LogP contribution in [0.25, 0.3) is 0 Å². The summed E-state index contributed by atoms with van der Waals surface area (Å²) in [5, 5.41) is 5.71. The van der Waals surface area contributed by atoms with Crippen LogP contribution in [0.2, 0.25) is 0 Å². The van der Waals surface area contributed by atoms with Crippen LogP contribution in [0.1, 0.15) is 29.2 Å². The van der Waals surface area contributed by atoms with Gasteiger partial charge in [-0.25, -0.2) is 4.98 Å². The standard InChI is InChI=1S/C13H19N3S/c1-4-14-11(13-10(2)5-8-17-13)9-12-15-6-7-16(12)3/h5-8,11,14H,4,9H2,1-3H3. The van der Waals surface area contributed by atoms with Crippen molar-refractivity contribution in [2.75, 3.05) is 6.54 Å². The fraction of sp³-hybridized carbons (Fsp3) is 0.462. The first-order chi connectivity index (χ1) is 8.22. The van der Waals surface area contributed by atoms with Crippen LogP contribution >= 0.6 is 11.3 Å². The van der Waals surface area contributed by atoms with E-state index < -0.39 is 0 Å². The molecule has 2 heterocycles. The largest absolute Gasteiger partial charge is 0.338 e. The molecule has 1 unspecified atom stereocenters. The summed E-state index contributed by atoms with van der Waals surface area (Å²) < 4.78 is 2.09. The van der Waals surface area contributed by atoms with E-state index in [-0.39, 0.29) is 0 Å². The van der Waals surface area contributed by atoms with Gasteiger partial charge in [-0.05, 0) is 30.5 Å². The molecule has 0 aliphatic carbocycles. The van der Waals surface area contributed by atoms with E-state index >= 15 is 0 Å². The van der Waals surface area contributed by atoms with Crippen molar-refractivity contribution in [1.82, 2.24) is 14.9 Å². The van der Waals surface area contributed by atoms with Gasteiger partial charge in [0.25, 0.3) is 0 Å². The van der Waals surface area contributed by atoms with Crippen LogP contribution in [0.15, 0.2) is 23.8 Å². The van der Waals surface area contributed by atoms with Crippen molar-refractivity contribution in [3.8, 4) is 0 Å². The highest BCUT2D eigenvalue weighted by atomic mass is 32.1. The Morgan fingerprint density at radius 2 is 2.35 bits per heavy atom. The lowest BCUT2D eigenvalue weighted by Crippen LogP contribution is -2.23. The summed E-state index contributed by atoms with van der Waals surface area (Å²) in [6, 6.07) is 2.56. The maximum Gasteiger partial charge on any atom is 0.110 e. The highest BCUT2D eigenvalue weighted by Gasteiger charge is 2.16. The number of imidazole rings is 1. The fourth-order valence-corrected chi connectivity index (χ4v) is 3.02. The van der Waals surface area contributed by atoms with E-state index in [9.17, 15) is 0 Å². The molecule has 0 bridgehead atoms. The smallest absolute Gasteiger partial charge is 0.110 e. The second-order valence-electron chi connectivity index (χ2n) is 4.24. The van der Waals surface area contributed by atoms with Crippen LogP contribution in [-0.4, -0.2) is 16.1 Å². The van der Waals surface area contributed by atoms with E-state index in [4.69, 9.17) is 0 Å². The van der Waals surface area contributed by atoms with Gasteiger partial charge < -0.3 is 9.88 Å².